The van der Waals surface area contributed by atoms with Gasteiger partial charge in [-0.1, -0.05) is 24.3 Å². The molecule has 2 fully saturated rings. The van der Waals surface area contributed by atoms with Crippen LogP contribution in [0.3, 0.4) is 0 Å². The number of ether oxygens (including phenoxy) is 2. The molecule has 2 aromatic heterocycles. The molecule has 1 unspecified atom stereocenters. The first-order valence-corrected chi connectivity index (χ1v) is 16.5. The van der Waals surface area contributed by atoms with Crippen molar-refractivity contribution in [2.45, 2.75) is 44.7 Å². The molecule has 0 bridgehead atoms. The minimum absolute atomic E-state index is 0.000107. The van der Waals surface area contributed by atoms with E-state index in [1.54, 1.807) is 42.5 Å². The van der Waals surface area contributed by atoms with Gasteiger partial charge in [-0.25, -0.2) is 9.48 Å². The molecule has 2 aliphatic rings. The van der Waals surface area contributed by atoms with Gasteiger partial charge in [-0.3, -0.25) is 19.2 Å². The summed E-state index contributed by atoms with van der Waals surface area (Å²) in [7, 11) is 0. The first kappa shape index (κ1) is 33.4. The summed E-state index contributed by atoms with van der Waals surface area (Å²) < 4.78 is 12.4. The maximum Gasteiger partial charge on any atom is 0.409 e. The van der Waals surface area contributed by atoms with Crippen LogP contribution in [-0.4, -0.2) is 111 Å². The van der Waals surface area contributed by atoms with Gasteiger partial charge in [0.2, 0.25) is 11.8 Å². The predicted octanol–water partition coefficient (Wildman–Crippen LogP) is 2.94. The molecule has 0 radical (unpaired) electrons. The Morgan fingerprint density at radius 2 is 1.77 bits per heavy atom. The second-order valence-corrected chi connectivity index (χ2v) is 12.1. The van der Waals surface area contributed by atoms with E-state index in [2.05, 4.69) is 10.4 Å². The SMILES string of the molecule is CCOC(=O)N1CCN(C(=O)C(CCC(=O)O)NC(=O)c2cc(OCC(=O)N3CCC[C@H]3c3cccs3)n(-c3ccccc3)n2)CC1. The number of piperazine rings is 1. The van der Waals surface area contributed by atoms with Crippen LogP contribution in [0.5, 0.6) is 5.88 Å². The molecule has 2 saturated heterocycles. The zero-order valence-electron chi connectivity index (χ0n) is 26.1. The van der Waals surface area contributed by atoms with Gasteiger partial charge in [0.1, 0.15) is 6.04 Å². The molecule has 5 rings (SSSR count). The number of para-hydroxylation sites is 1. The number of benzene rings is 1. The quantitative estimate of drug-likeness (QED) is 0.296. The topological polar surface area (TPSA) is 164 Å². The fraction of sp³-hybridized carbons (Fsp3) is 0.438. The number of nitrogens with zero attached hydrogens (tertiary/aromatic N) is 5. The van der Waals surface area contributed by atoms with Gasteiger partial charge in [-0.05, 0) is 49.8 Å². The molecule has 0 saturated carbocycles. The van der Waals surface area contributed by atoms with Crippen LogP contribution in [-0.2, 0) is 19.1 Å². The maximum absolute atomic E-state index is 13.5. The van der Waals surface area contributed by atoms with Gasteiger partial charge in [-0.2, -0.15) is 5.10 Å². The smallest absolute Gasteiger partial charge is 0.409 e. The second-order valence-electron chi connectivity index (χ2n) is 11.1. The van der Waals surface area contributed by atoms with Crippen molar-refractivity contribution in [2.24, 2.45) is 0 Å². The first-order valence-electron chi connectivity index (χ1n) is 15.6. The van der Waals surface area contributed by atoms with Crippen molar-refractivity contribution in [3.05, 3.63) is 64.5 Å². The summed E-state index contributed by atoms with van der Waals surface area (Å²) in [5.74, 6) is -2.31. The lowest BCUT2D eigenvalue weighted by Crippen LogP contribution is -2.56. The van der Waals surface area contributed by atoms with Gasteiger partial charge in [0.25, 0.3) is 11.8 Å². The number of carbonyl (C=O) groups excluding carboxylic acids is 4. The van der Waals surface area contributed by atoms with Crippen LogP contribution in [0.4, 0.5) is 4.79 Å². The molecule has 2 atom stereocenters. The molecule has 15 heteroatoms. The summed E-state index contributed by atoms with van der Waals surface area (Å²) in [6, 6.07) is 13.2. The lowest BCUT2D eigenvalue weighted by molar-refractivity contribution is -0.138. The van der Waals surface area contributed by atoms with Crippen LogP contribution in [0.15, 0.2) is 53.9 Å². The van der Waals surface area contributed by atoms with Gasteiger partial charge in [0.05, 0.1) is 18.3 Å². The molecule has 0 aliphatic carbocycles. The van der Waals surface area contributed by atoms with Gasteiger partial charge >= 0.3 is 12.1 Å². The Hall–Kier alpha value is -4.92. The van der Waals surface area contributed by atoms with E-state index in [4.69, 9.17) is 9.47 Å². The number of hydrogen-bond donors (Lipinski definition) is 2. The molecular weight excluding hydrogens is 628 g/mol. The normalized spacial score (nSPS) is 16.9. The van der Waals surface area contributed by atoms with Crippen molar-refractivity contribution < 1.29 is 38.6 Å². The Bertz CT molecular complexity index is 1550. The molecule has 1 aromatic carbocycles. The third-order valence-corrected chi connectivity index (χ3v) is 9.04. The molecule has 2 aliphatic heterocycles. The van der Waals surface area contributed by atoms with Crippen LogP contribution < -0.4 is 10.1 Å². The summed E-state index contributed by atoms with van der Waals surface area (Å²) in [5, 5.41) is 18.4. The summed E-state index contributed by atoms with van der Waals surface area (Å²) in [6.45, 7) is 3.21. The zero-order chi connectivity index (χ0) is 33.3. The van der Waals surface area contributed by atoms with Crippen molar-refractivity contribution in [3.8, 4) is 11.6 Å². The molecule has 2 N–H and O–H groups in total. The number of rotatable bonds is 12. The highest BCUT2D eigenvalue weighted by atomic mass is 32.1. The third kappa shape index (κ3) is 8.27. The average molecular weight is 667 g/mol. The molecule has 0 spiro atoms. The Morgan fingerprint density at radius 3 is 2.45 bits per heavy atom. The average Bonchev–Trinajstić information content (AvgIpc) is 3.87. The number of nitrogens with one attached hydrogen (secondary N) is 1. The first-order chi connectivity index (χ1) is 22.7. The van der Waals surface area contributed by atoms with E-state index in [0.29, 0.717) is 12.2 Å². The van der Waals surface area contributed by atoms with Crippen LogP contribution in [0.1, 0.15) is 54.0 Å². The number of aliphatic carboxylic acids is 1. The molecule has 47 heavy (non-hydrogen) atoms. The number of hydrogen-bond acceptors (Lipinski definition) is 9. The highest BCUT2D eigenvalue weighted by molar-refractivity contribution is 7.10. The van der Waals surface area contributed by atoms with Gasteiger partial charge in [0.15, 0.2) is 12.3 Å². The number of carbonyl (C=O) groups is 5. The van der Waals surface area contributed by atoms with Crippen molar-refractivity contribution in [1.82, 2.24) is 29.8 Å². The van der Waals surface area contributed by atoms with E-state index < -0.39 is 29.9 Å². The van der Waals surface area contributed by atoms with E-state index >= 15 is 0 Å². The number of aromatic nitrogens is 2. The monoisotopic (exact) mass is 666 g/mol. The zero-order valence-corrected chi connectivity index (χ0v) is 26.9. The summed E-state index contributed by atoms with van der Waals surface area (Å²) in [4.78, 5) is 69.7. The van der Waals surface area contributed by atoms with Gasteiger partial charge in [-0.15, -0.1) is 11.3 Å². The molecular formula is C32H38N6O8S. The van der Waals surface area contributed by atoms with Crippen LogP contribution in [0, 0.1) is 0 Å². The Balaban J connectivity index is 1.29. The maximum atomic E-state index is 13.5. The minimum atomic E-state index is -1.15. The van der Waals surface area contributed by atoms with E-state index in [9.17, 15) is 29.1 Å². The number of carboxylic acids is 1. The highest BCUT2D eigenvalue weighted by Crippen LogP contribution is 2.34. The molecule has 250 valence electrons. The van der Waals surface area contributed by atoms with Gasteiger partial charge in [0, 0.05) is 50.1 Å². The lowest BCUT2D eigenvalue weighted by Gasteiger charge is -2.35. The summed E-state index contributed by atoms with van der Waals surface area (Å²) in [5.41, 5.74) is 0.513. The highest BCUT2D eigenvalue weighted by Gasteiger charge is 2.33. The van der Waals surface area contributed by atoms with Gasteiger partial charge < -0.3 is 34.6 Å². The largest absolute Gasteiger partial charge is 0.481 e. The molecule has 14 nitrogen and oxygen atoms in total. The minimum Gasteiger partial charge on any atom is -0.481 e. The molecule has 3 aromatic rings. The fourth-order valence-corrected chi connectivity index (χ4v) is 6.57. The number of carboxylic acid groups (broad SMARTS) is 1. The number of amides is 4. The van der Waals surface area contributed by atoms with Crippen LogP contribution in [0.2, 0.25) is 0 Å². The van der Waals surface area contributed by atoms with E-state index in [1.165, 1.54) is 20.5 Å². The van der Waals surface area contributed by atoms with Crippen molar-refractivity contribution in [2.75, 3.05) is 45.9 Å². The standard InChI is InChI=1S/C32H38N6O8S/c1-2-45-32(44)36-17-15-35(16-18-36)31(43)23(12-13-29(40)41)33-30(42)24-20-28(38(34-24)22-8-4-3-5-9-22)46-21-27(39)37-14-6-10-25(37)26-11-7-19-47-26/h3-5,7-9,11,19-20,23,25H,2,6,10,12-18,21H2,1H3,(H,33,42)(H,40,41)/t23?,25-/m0/s1. The van der Waals surface area contributed by atoms with E-state index in [0.717, 1.165) is 17.7 Å². The third-order valence-electron chi connectivity index (χ3n) is 8.07. The Morgan fingerprint density at radius 1 is 1.02 bits per heavy atom. The fourth-order valence-electron chi connectivity index (χ4n) is 5.69. The molecule has 4 heterocycles. The number of likely N-dealkylation sites (tertiary alicyclic amines) is 1. The van der Waals surface area contributed by atoms with Crippen LogP contribution in [0.25, 0.3) is 5.69 Å². The summed E-state index contributed by atoms with van der Waals surface area (Å²) in [6.07, 6.45) is 0.811. The molecule has 4 amide bonds. The number of thiophene rings is 1. The second kappa shape index (κ2) is 15.6. The van der Waals surface area contributed by atoms with Crippen molar-refractivity contribution in [3.63, 3.8) is 0 Å². The predicted molar refractivity (Wildman–Crippen MR) is 170 cm³/mol. The van der Waals surface area contributed by atoms with Crippen molar-refractivity contribution in [1.29, 1.82) is 0 Å². The Kier molecular flexibility index (Phi) is 11.1. The lowest BCUT2D eigenvalue weighted by atomic mass is 10.1. The van der Waals surface area contributed by atoms with E-state index in [-0.39, 0.29) is 75.8 Å². The van der Waals surface area contributed by atoms with Crippen LogP contribution >= 0.6 is 11.3 Å². The van der Waals surface area contributed by atoms with Crippen molar-refractivity contribution >= 4 is 41.1 Å². The Labute approximate surface area is 275 Å². The summed E-state index contributed by atoms with van der Waals surface area (Å²) >= 11 is 1.61. The van der Waals surface area contributed by atoms with E-state index in [1.807, 2.05) is 28.5 Å².